The quantitative estimate of drug-likeness (QED) is 0.640. The SMILES string of the molecule is CC1CC(O)CCCCCc2cc(O)cc(O)c2C(=O)O1. The van der Waals surface area contributed by atoms with Crippen molar-refractivity contribution in [3.05, 3.63) is 23.3 Å². The molecule has 1 aromatic carbocycles. The van der Waals surface area contributed by atoms with Gasteiger partial charge in [0.2, 0.25) is 0 Å². The van der Waals surface area contributed by atoms with E-state index in [4.69, 9.17) is 4.74 Å². The van der Waals surface area contributed by atoms with E-state index in [1.54, 1.807) is 6.92 Å². The molecule has 1 aromatic rings. The van der Waals surface area contributed by atoms with Crippen molar-refractivity contribution in [3.8, 4) is 11.5 Å². The number of rotatable bonds is 0. The van der Waals surface area contributed by atoms with Crippen molar-refractivity contribution in [2.75, 3.05) is 0 Å². The molecule has 116 valence electrons. The van der Waals surface area contributed by atoms with Gasteiger partial charge in [0.1, 0.15) is 23.2 Å². The van der Waals surface area contributed by atoms with Crippen LogP contribution >= 0.6 is 0 Å². The second-order valence-corrected chi connectivity index (χ2v) is 5.70. The van der Waals surface area contributed by atoms with Gasteiger partial charge in [-0.3, -0.25) is 0 Å². The molecule has 0 saturated carbocycles. The molecule has 0 aliphatic carbocycles. The largest absolute Gasteiger partial charge is 0.508 e. The van der Waals surface area contributed by atoms with Gasteiger partial charge in [0.05, 0.1) is 6.10 Å². The number of benzene rings is 1. The highest BCUT2D eigenvalue weighted by atomic mass is 16.5. The van der Waals surface area contributed by atoms with Crippen LogP contribution in [0.4, 0.5) is 0 Å². The van der Waals surface area contributed by atoms with Crippen LogP contribution in [-0.4, -0.2) is 33.5 Å². The third-order valence-corrected chi connectivity index (χ3v) is 3.78. The molecule has 5 nitrogen and oxygen atoms in total. The van der Waals surface area contributed by atoms with Crippen LogP contribution < -0.4 is 0 Å². The lowest BCUT2D eigenvalue weighted by Gasteiger charge is -2.20. The van der Waals surface area contributed by atoms with Gasteiger partial charge in [-0.1, -0.05) is 12.8 Å². The van der Waals surface area contributed by atoms with Gasteiger partial charge < -0.3 is 20.1 Å². The number of fused-ring (bicyclic) bond motifs is 1. The van der Waals surface area contributed by atoms with E-state index < -0.39 is 18.2 Å². The summed E-state index contributed by atoms with van der Waals surface area (Å²) in [6.45, 7) is 1.73. The Morgan fingerprint density at radius 3 is 2.71 bits per heavy atom. The maximum atomic E-state index is 12.2. The first-order chi connectivity index (χ1) is 9.97. The zero-order valence-corrected chi connectivity index (χ0v) is 12.2. The molecule has 0 amide bonds. The number of ether oxygens (including phenoxy) is 1. The van der Waals surface area contributed by atoms with Gasteiger partial charge in [0.25, 0.3) is 0 Å². The van der Waals surface area contributed by atoms with Crippen molar-refractivity contribution in [3.63, 3.8) is 0 Å². The molecule has 0 aromatic heterocycles. The van der Waals surface area contributed by atoms with E-state index in [0.717, 1.165) is 25.3 Å². The van der Waals surface area contributed by atoms with Gasteiger partial charge in [-0.2, -0.15) is 0 Å². The van der Waals surface area contributed by atoms with E-state index >= 15 is 0 Å². The molecular weight excluding hydrogens is 272 g/mol. The molecule has 1 aliphatic rings. The monoisotopic (exact) mass is 294 g/mol. The lowest BCUT2D eigenvalue weighted by Crippen LogP contribution is -2.22. The normalized spacial score (nSPS) is 24.4. The van der Waals surface area contributed by atoms with Gasteiger partial charge in [-0.25, -0.2) is 4.79 Å². The summed E-state index contributed by atoms with van der Waals surface area (Å²) in [5.74, 6) is -0.933. The molecule has 0 fully saturated rings. The summed E-state index contributed by atoms with van der Waals surface area (Å²) in [6, 6.07) is 2.65. The number of hydrogen-bond acceptors (Lipinski definition) is 5. The van der Waals surface area contributed by atoms with Crippen LogP contribution in [0.5, 0.6) is 11.5 Å². The van der Waals surface area contributed by atoms with Crippen molar-refractivity contribution in [2.45, 2.75) is 57.7 Å². The first-order valence-electron chi connectivity index (χ1n) is 7.41. The van der Waals surface area contributed by atoms with E-state index in [1.807, 2.05) is 0 Å². The fraction of sp³-hybridized carbons (Fsp3) is 0.562. The first-order valence-corrected chi connectivity index (χ1v) is 7.41. The van der Waals surface area contributed by atoms with Crippen molar-refractivity contribution < 1.29 is 24.9 Å². The Kier molecular flexibility index (Phi) is 5.07. The molecule has 5 heteroatoms. The van der Waals surface area contributed by atoms with Crippen molar-refractivity contribution in [2.24, 2.45) is 0 Å². The number of carbonyl (C=O) groups is 1. The minimum atomic E-state index is -0.609. The van der Waals surface area contributed by atoms with Crippen LogP contribution in [-0.2, 0) is 11.2 Å². The first kappa shape index (κ1) is 15.6. The molecule has 0 radical (unpaired) electrons. The number of aliphatic hydroxyl groups excluding tert-OH is 1. The van der Waals surface area contributed by atoms with Crippen LogP contribution in [0.15, 0.2) is 12.1 Å². The van der Waals surface area contributed by atoms with Crippen LogP contribution in [0.3, 0.4) is 0 Å². The third kappa shape index (κ3) is 4.11. The third-order valence-electron chi connectivity index (χ3n) is 3.78. The molecule has 0 bridgehead atoms. The Hall–Kier alpha value is -1.75. The number of cyclic esters (lactones) is 1. The maximum absolute atomic E-state index is 12.2. The number of hydrogen-bond donors (Lipinski definition) is 3. The predicted molar refractivity (Wildman–Crippen MR) is 77.4 cm³/mol. The lowest BCUT2D eigenvalue weighted by atomic mass is 9.97. The second kappa shape index (κ2) is 6.80. The number of phenolic OH excluding ortho intramolecular Hbond substituents is 2. The topological polar surface area (TPSA) is 87.0 Å². The number of carbonyl (C=O) groups excluding carboxylic acids is 1. The van der Waals surface area contributed by atoms with Gasteiger partial charge >= 0.3 is 5.97 Å². The Labute approximate surface area is 124 Å². The molecule has 3 N–H and O–H groups in total. The summed E-state index contributed by atoms with van der Waals surface area (Å²) >= 11 is 0. The van der Waals surface area contributed by atoms with Crippen molar-refractivity contribution >= 4 is 5.97 Å². The van der Waals surface area contributed by atoms with Crippen LogP contribution in [0.1, 0.15) is 54.9 Å². The molecule has 1 aliphatic heterocycles. The number of esters is 1. The highest BCUT2D eigenvalue weighted by Gasteiger charge is 2.23. The zero-order chi connectivity index (χ0) is 15.4. The lowest BCUT2D eigenvalue weighted by molar-refractivity contribution is 0.0182. The zero-order valence-electron chi connectivity index (χ0n) is 12.2. The highest BCUT2D eigenvalue weighted by molar-refractivity contribution is 5.94. The molecule has 2 atom stereocenters. The Morgan fingerprint density at radius 1 is 1.19 bits per heavy atom. The standard InChI is InChI=1S/C16H22O5/c1-10-7-12(17)6-4-2-3-5-11-8-13(18)9-14(19)15(11)16(20)21-10/h8-10,12,17-19H,2-7H2,1H3. The molecular formula is C16H22O5. The summed E-state index contributed by atoms with van der Waals surface area (Å²) in [6.07, 6.45) is 3.42. The van der Waals surface area contributed by atoms with E-state index in [0.29, 0.717) is 24.8 Å². The maximum Gasteiger partial charge on any atom is 0.342 e. The van der Waals surface area contributed by atoms with E-state index in [2.05, 4.69) is 0 Å². The van der Waals surface area contributed by atoms with E-state index in [1.165, 1.54) is 6.07 Å². The Bertz CT molecular complexity index is 512. The predicted octanol–water partition coefficient (Wildman–Crippen LogP) is 2.51. The summed E-state index contributed by atoms with van der Waals surface area (Å²) in [5.41, 5.74) is 0.723. The smallest absolute Gasteiger partial charge is 0.342 e. The van der Waals surface area contributed by atoms with E-state index in [9.17, 15) is 20.1 Å². The average molecular weight is 294 g/mol. The van der Waals surface area contributed by atoms with Gasteiger partial charge in [-0.05, 0) is 37.8 Å². The van der Waals surface area contributed by atoms with Gasteiger partial charge in [0, 0.05) is 12.5 Å². The van der Waals surface area contributed by atoms with E-state index in [-0.39, 0.29) is 17.1 Å². The number of aliphatic hydroxyl groups is 1. The minimum absolute atomic E-state index is 0.0605. The summed E-state index contributed by atoms with van der Waals surface area (Å²) in [7, 11) is 0. The molecule has 0 saturated heterocycles. The summed E-state index contributed by atoms with van der Waals surface area (Å²) in [5, 5.41) is 29.4. The molecule has 21 heavy (non-hydrogen) atoms. The Balaban J connectivity index is 2.30. The van der Waals surface area contributed by atoms with Crippen LogP contribution in [0.25, 0.3) is 0 Å². The van der Waals surface area contributed by atoms with Crippen molar-refractivity contribution in [1.82, 2.24) is 0 Å². The van der Waals surface area contributed by atoms with Gasteiger partial charge in [-0.15, -0.1) is 0 Å². The number of aryl methyl sites for hydroxylation is 1. The summed E-state index contributed by atoms with van der Waals surface area (Å²) < 4.78 is 5.30. The molecule has 1 heterocycles. The fourth-order valence-corrected chi connectivity index (χ4v) is 2.76. The number of aromatic hydroxyl groups is 2. The average Bonchev–Trinajstić information content (AvgIpc) is 2.35. The molecule has 2 unspecified atom stereocenters. The molecule has 0 spiro atoms. The van der Waals surface area contributed by atoms with Gasteiger partial charge in [0.15, 0.2) is 0 Å². The minimum Gasteiger partial charge on any atom is -0.508 e. The highest BCUT2D eigenvalue weighted by Crippen LogP contribution is 2.30. The van der Waals surface area contributed by atoms with Crippen molar-refractivity contribution in [1.29, 1.82) is 0 Å². The van der Waals surface area contributed by atoms with Crippen LogP contribution in [0, 0.1) is 0 Å². The van der Waals surface area contributed by atoms with Crippen LogP contribution in [0.2, 0.25) is 0 Å². The number of phenols is 2. The summed E-state index contributed by atoms with van der Waals surface area (Å²) in [4.78, 5) is 12.2. The fourth-order valence-electron chi connectivity index (χ4n) is 2.76. The Morgan fingerprint density at radius 2 is 1.95 bits per heavy atom. The molecule has 2 rings (SSSR count). The second-order valence-electron chi connectivity index (χ2n) is 5.70.